The van der Waals surface area contributed by atoms with E-state index in [1.54, 1.807) is 0 Å². The van der Waals surface area contributed by atoms with E-state index in [1.807, 2.05) is 21.1 Å². The molecule has 0 bridgehead atoms. The minimum Gasteiger partial charge on any atom is -0.415 e. The van der Waals surface area contributed by atoms with Gasteiger partial charge in [-0.3, -0.25) is 9.28 Å². The van der Waals surface area contributed by atoms with Gasteiger partial charge in [0.2, 0.25) is 6.73 Å². The summed E-state index contributed by atoms with van der Waals surface area (Å²) in [5.74, 6) is -0.219. The highest BCUT2D eigenvalue weighted by Gasteiger charge is 2.06. The number of hydrogen-bond donors (Lipinski definition) is 0. The molecule has 0 saturated heterocycles. The van der Waals surface area contributed by atoms with E-state index in [-0.39, 0.29) is 13.4 Å². The van der Waals surface area contributed by atoms with E-state index < -0.39 is 0 Å². The van der Waals surface area contributed by atoms with Crippen molar-refractivity contribution in [3.05, 3.63) is 0 Å². The first-order chi connectivity index (χ1) is 3.92. The summed E-state index contributed by atoms with van der Waals surface area (Å²) in [4.78, 5) is 10.3. The Morgan fingerprint density at radius 3 is 1.90 bits per heavy atom. The molecule has 0 fully saturated rings. The second kappa shape index (κ2) is 4.28. The van der Waals surface area contributed by atoms with Crippen LogP contribution in [0.2, 0.25) is 0 Å². The fourth-order valence-electron chi connectivity index (χ4n) is 0.285. The number of hydrogen-bond acceptors (Lipinski definition) is 2. The maximum absolute atomic E-state index is 10.3. The van der Waals surface area contributed by atoms with Crippen LogP contribution in [0.25, 0.3) is 0 Å². The van der Waals surface area contributed by atoms with Gasteiger partial charge in [-0.05, 0) is 0 Å². The predicted molar refractivity (Wildman–Crippen MR) is 41.4 cm³/mol. The van der Waals surface area contributed by atoms with Crippen LogP contribution in [-0.2, 0) is 9.53 Å². The van der Waals surface area contributed by atoms with Crippen LogP contribution >= 0.6 is 0 Å². The van der Waals surface area contributed by atoms with Gasteiger partial charge in [0.25, 0.3) is 0 Å². The van der Waals surface area contributed by atoms with Crippen LogP contribution in [0.5, 0.6) is 0 Å². The first-order valence-electron chi connectivity index (χ1n) is 2.85. The Balaban J connectivity index is 0. The summed E-state index contributed by atoms with van der Waals surface area (Å²) in [5, 5.41) is 0. The zero-order valence-electron chi connectivity index (χ0n) is 6.47. The Morgan fingerprint density at radius 2 is 1.80 bits per heavy atom. The van der Waals surface area contributed by atoms with Gasteiger partial charge in [-0.15, -0.1) is 0 Å². The van der Waals surface area contributed by atoms with Gasteiger partial charge in [-0.1, -0.05) is 7.43 Å². The molecule has 0 heterocycles. The fourth-order valence-corrected chi connectivity index (χ4v) is 0.285. The first kappa shape index (κ1) is 12.1. The van der Waals surface area contributed by atoms with E-state index in [9.17, 15) is 4.79 Å². The zero-order valence-corrected chi connectivity index (χ0v) is 6.47. The van der Waals surface area contributed by atoms with E-state index >= 15 is 0 Å². The second-order valence-corrected chi connectivity index (χ2v) is 3.06. The van der Waals surface area contributed by atoms with Gasteiger partial charge in [0.15, 0.2) is 0 Å². The molecule has 0 aromatic carbocycles. The fraction of sp³-hybridized carbons (Fsp3) is 0.857. The van der Waals surface area contributed by atoms with Gasteiger partial charge in [0, 0.05) is 6.92 Å². The summed E-state index contributed by atoms with van der Waals surface area (Å²) < 4.78 is 5.39. The lowest BCUT2D eigenvalue weighted by atomic mass is 10.7. The molecule has 0 rings (SSSR count). The Hall–Kier alpha value is -0.570. The number of quaternary nitrogens is 1. The highest BCUT2D eigenvalue weighted by molar-refractivity contribution is 5.65. The van der Waals surface area contributed by atoms with Crippen molar-refractivity contribution in [1.82, 2.24) is 0 Å². The van der Waals surface area contributed by atoms with Crippen molar-refractivity contribution in [3.63, 3.8) is 0 Å². The van der Waals surface area contributed by atoms with Gasteiger partial charge in [-0.25, -0.2) is 0 Å². The third-order valence-corrected chi connectivity index (χ3v) is 0.655. The average Bonchev–Trinajstić information content (AvgIpc) is 1.59. The molecule has 10 heavy (non-hydrogen) atoms. The monoisotopic (exact) mass is 148 g/mol. The van der Waals surface area contributed by atoms with Crippen molar-refractivity contribution < 1.29 is 14.0 Å². The molecular formula is C7H18NO2+. The number of rotatable bonds is 2. The average molecular weight is 148 g/mol. The van der Waals surface area contributed by atoms with E-state index in [4.69, 9.17) is 4.74 Å². The minimum absolute atomic E-state index is 0. The summed E-state index contributed by atoms with van der Waals surface area (Å²) in [6, 6.07) is 0. The van der Waals surface area contributed by atoms with E-state index in [0.29, 0.717) is 11.2 Å². The highest BCUT2D eigenvalue weighted by atomic mass is 16.5. The molecule has 0 saturated carbocycles. The maximum atomic E-state index is 10.3. The second-order valence-electron chi connectivity index (χ2n) is 3.06. The van der Waals surface area contributed by atoms with Crippen LogP contribution < -0.4 is 0 Å². The lowest BCUT2D eigenvalue weighted by Gasteiger charge is -2.22. The molecule has 0 spiro atoms. The number of carbonyl (C=O) groups excluding carboxylic acids is 1. The lowest BCUT2D eigenvalue weighted by Crippen LogP contribution is -2.37. The Bertz CT molecular complexity index is 105. The highest BCUT2D eigenvalue weighted by Crippen LogP contribution is 1.89. The first-order valence-corrected chi connectivity index (χ1v) is 2.85. The lowest BCUT2D eigenvalue weighted by molar-refractivity contribution is -0.888. The van der Waals surface area contributed by atoms with Gasteiger partial charge in [0.1, 0.15) is 0 Å². The van der Waals surface area contributed by atoms with Crippen molar-refractivity contribution in [2.24, 2.45) is 0 Å². The third kappa shape index (κ3) is 10.4. The number of nitrogens with zero attached hydrogens (tertiary/aromatic N) is 1. The molecule has 0 aliphatic carbocycles. The van der Waals surface area contributed by atoms with Crippen molar-refractivity contribution in [3.8, 4) is 0 Å². The normalized spacial score (nSPS) is 10.0. The van der Waals surface area contributed by atoms with Gasteiger partial charge in [0.05, 0.1) is 21.1 Å². The van der Waals surface area contributed by atoms with E-state index in [1.165, 1.54) is 6.92 Å². The molecular weight excluding hydrogens is 130 g/mol. The third-order valence-electron chi connectivity index (χ3n) is 0.655. The van der Waals surface area contributed by atoms with E-state index in [2.05, 4.69) is 0 Å². The summed E-state index contributed by atoms with van der Waals surface area (Å²) >= 11 is 0. The van der Waals surface area contributed by atoms with Crippen molar-refractivity contribution >= 4 is 5.97 Å². The summed E-state index contributed by atoms with van der Waals surface area (Å²) in [6.07, 6.45) is 0. The predicted octanol–water partition coefficient (Wildman–Crippen LogP) is 0.849. The van der Waals surface area contributed by atoms with Crippen LogP contribution in [0.4, 0.5) is 0 Å². The molecule has 0 aromatic heterocycles. The molecule has 0 N–H and O–H groups in total. The SMILES string of the molecule is C.CC(=O)OC[N+](C)(C)C. The molecule has 62 valence electrons. The molecule has 0 unspecified atom stereocenters. The van der Waals surface area contributed by atoms with Crippen LogP contribution in [0.1, 0.15) is 14.4 Å². The smallest absolute Gasteiger partial charge is 0.306 e. The van der Waals surface area contributed by atoms with Crippen molar-refractivity contribution in [2.75, 3.05) is 27.9 Å². The molecule has 0 aliphatic heterocycles. The number of carbonyl (C=O) groups is 1. The molecule has 0 aromatic rings. The standard InChI is InChI=1S/C6H14NO2.CH4/c1-6(8)9-5-7(2,3)4;/h5H2,1-4H3;1H4/q+1;. The van der Waals surface area contributed by atoms with Crippen molar-refractivity contribution in [1.29, 1.82) is 0 Å². The molecule has 3 heteroatoms. The zero-order chi connectivity index (χ0) is 7.49. The Kier molecular flexibility index (Phi) is 5.19. The Morgan fingerprint density at radius 1 is 1.40 bits per heavy atom. The molecule has 0 atom stereocenters. The molecule has 0 aliphatic rings. The summed E-state index contributed by atoms with van der Waals surface area (Å²) in [6.45, 7) is 1.85. The van der Waals surface area contributed by atoms with E-state index in [0.717, 1.165) is 0 Å². The quantitative estimate of drug-likeness (QED) is 0.329. The van der Waals surface area contributed by atoms with Gasteiger partial charge < -0.3 is 4.74 Å². The van der Waals surface area contributed by atoms with Crippen molar-refractivity contribution in [2.45, 2.75) is 14.4 Å². The van der Waals surface area contributed by atoms with Crippen LogP contribution in [0, 0.1) is 0 Å². The van der Waals surface area contributed by atoms with Gasteiger partial charge in [-0.2, -0.15) is 0 Å². The number of esters is 1. The molecule has 3 nitrogen and oxygen atoms in total. The topological polar surface area (TPSA) is 26.3 Å². The Labute approximate surface area is 63.2 Å². The summed E-state index contributed by atoms with van der Waals surface area (Å²) in [5.41, 5.74) is 0. The maximum Gasteiger partial charge on any atom is 0.306 e. The summed E-state index contributed by atoms with van der Waals surface area (Å²) in [7, 11) is 5.88. The minimum atomic E-state index is -0.219. The van der Waals surface area contributed by atoms with Crippen LogP contribution in [0.15, 0.2) is 0 Å². The van der Waals surface area contributed by atoms with Crippen LogP contribution in [-0.4, -0.2) is 38.3 Å². The molecule has 0 amide bonds. The molecule has 0 radical (unpaired) electrons. The van der Waals surface area contributed by atoms with Crippen LogP contribution in [0.3, 0.4) is 0 Å². The largest absolute Gasteiger partial charge is 0.415 e. The number of ether oxygens (including phenoxy) is 1. The van der Waals surface area contributed by atoms with Gasteiger partial charge >= 0.3 is 5.97 Å².